The first-order valence-electron chi connectivity index (χ1n) is 9.15. The van der Waals surface area contributed by atoms with Crippen LogP contribution in [0.25, 0.3) is 6.08 Å². The van der Waals surface area contributed by atoms with E-state index in [0.717, 1.165) is 11.8 Å². The van der Waals surface area contributed by atoms with Crippen LogP contribution in [0.15, 0.2) is 60.7 Å². The SMILES string of the molecule is CS(=O)(=O)CC[C@H](COc1ccc(C(=S)NO)cc1)NC(=O)/C=C/c1ccccc1. The highest BCUT2D eigenvalue weighted by Gasteiger charge is 2.15. The Morgan fingerprint density at radius 3 is 2.43 bits per heavy atom. The summed E-state index contributed by atoms with van der Waals surface area (Å²) in [7, 11) is -3.18. The van der Waals surface area contributed by atoms with Crippen molar-refractivity contribution in [2.45, 2.75) is 12.5 Å². The van der Waals surface area contributed by atoms with Gasteiger partial charge in [-0.1, -0.05) is 42.5 Å². The van der Waals surface area contributed by atoms with E-state index in [1.165, 1.54) is 6.08 Å². The maximum absolute atomic E-state index is 12.3. The van der Waals surface area contributed by atoms with Gasteiger partial charge in [0, 0.05) is 17.9 Å². The zero-order chi connectivity index (χ0) is 22.0. The fourth-order valence-electron chi connectivity index (χ4n) is 2.50. The van der Waals surface area contributed by atoms with Crippen LogP contribution in [-0.2, 0) is 14.6 Å². The van der Waals surface area contributed by atoms with E-state index in [2.05, 4.69) is 5.32 Å². The van der Waals surface area contributed by atoms with Crippen molar-refractivity contribution in [1.82, 2.24) is 10.8 Å². The Hall–Kier alpha value is -2.75. The summed E-state index contributed by atoms with van der Waals surface area (Å²) in [4.78, 5) is 12.5. The van der Waals surface area contributed by atoms with E-state index >= 15 is 0 Å². The third kappa shape index (κ3) is 8.73. The molecule has 0 aromatic heterocycles. The van der Waals surface area contributed by atoms with Crippen LogP contribution in [-0.4, -0.2) is 49.2 Å². The quantitative estimate of drug-likeness (QED) is 0.291. The van der Waals surface area contributed by atoms with Gasteiger partial charge >= 0.3 is 0 Å². The summed E-state index contributed by atoms with van der Waals surface area (Å²) in [6.45, 7) is 0.0997. The fraction of sp³-hybridized carbons (Fsp3) is 0.238. The number of hydrogen-bond donors (Lipinski definition) is 3. The first kappa shape index (κ1) is 23.5. The summed E-state index contributed by atoms with van der Waals surface area (Å²) in [5, 5.41) is 11.6. The number of carbonyl (C=O) groups excluding carboxylic acids is 1. The van der Waals surface area contributed by atoms with Crippen molar-refractivity contribution in [3.8, 4) is 5.75 Å². The zero-order valence-corrected chi connectivity index (χ0v) is 18.1. The number of benzene rings is 2. The van der Waals surface area contributed by atoms with Gasteiger partial charge in [0.2, 0.25) is 5.91 Å². The Bertz CT molecular complexity index is 974. The molecule has 2 rings (SSSR count). The molecule has 2 aromatic rings. The summed E-state index contributed by atoms with van der Waals surface area (Å²) < 4.78 is 28.8. The molecule has 0 aliphatic rings. The fourth-order valence-corrected chi connectivity index (χ4v) is 3.35. The summed E-state index contributed by atoms with van der Waals surface area (Å²) in [5.41, 5.74) is 3.41. The average Bonchev–Trinajstić information content (AvgIpc) is 2.74. The molecular formula is C21H24N2O5S2. The van der Waals surface area contributed by atoms with Crippen LogP contribution < -0.4 is 15.5 Å². The van der Waals surface area contributed by atoms with Gasteiger partial charge in [-0.05, 0) is 42.3 Å². The van der Waals surface area contributed by atoms with Crippen LogP contribution in [0, 0.1) is 0 Å². The highest BCUT2D eigenvalue weighted by molar-refractivity contribution is 7.90. The number of ether oxygens (including phenoxy) is 1. The Morgan fingerprint density at radius 2 is 1.83 bits per heavy atom. The third-order valence-electron chi connectivity index (χ3n) is 4.08. The van der Waals surface area contributed by atoms with Crippen LogP contribution in [0.4, 0.5) is 0 Å². The van der Waals surface area contributed by atoms with Crippen LogP contribution in [0.1, 0.15) is 17.5 Å². The number of hydroxylamine groups is 1. The monoisotopic (exact) mass is 448 g/mol. The van der Waals surface area contributed by atoms with E-state index < -0.39 is 15.9 Å². The van der Waals surface area contributed by atoms with E-state index in [4.69, 9.17) is 22.2 Å². The number of sulfone groups is 1. The molecule has 0 saturated heterocycles. The Kier molecular flexibility index (Phi) is 8.97. The molecule has 2 aromatic carbocycles. The van der Waals surface area contributed by atoms with Gasteiger partial charge in [-0.25, -0.2) is 8.42 Å². The zero-order valence-electron chi connectivity index (χ0n) is 16.4. The predicted molar refractivity (Wildman–Crippen MR) is 120 cm³/mol. The topological polar surface area (TPSA) is 105 Å². The lowest BCUT2D eigenvalue weighted by Gasteiger charge is -2.18. The number of amides is 1. The largest absolute Gasteiger partial charge is 0.491 e. The number of thiocarbonyl (C=S) groups is 1. The molecule has 9 heteroatoms. The van der Waals surface area contributed by atoms with Crippen molar-refractivity contribution < 1.29 is 23.2 Å². The molecule has 0 bridgehead atoms. The minimum absolute atomic E-state index is 0.0704. The Balaban J connectivity index is 1.98. The second-order valence-electron chi connectivity index (χ2n) is 6.64. The number of rotatable bonds is 10. The number of hydrogen-bond acceptors (Lipinski definition) is 6. The molecule has 0 unspecified atom stereocenters. The first-order chi connectivity index (χ1) is 14.3. The second kappa shape index (κ2) is 11.4. The number of carbonyl (C=O) groups is 1. The highest BCUT2D eigenvalue weighted by atomic mass is 32.2. The van der Waals surface area contributed by atoms with Crippen molar-refractivity contribution in [3.05, 3.63) is 71.8 Å². The summed E-state index contributed by atoms with van der Waals surface area (Å²) in [6.07, 6.45) is 4.46. The molecule has 3 N–H and O–H groups in total. The molecular weight excluding hydrogens is 424 g/mol. The van der Waals surface area contributed by atoms with Crippen LogP contribution in [0.2, 0.25) is 0 Å². The van der Waals surface area contributed by atoms with E-state index in [1.54, 1.807) is 30.3 Å². The normalized spacial score (nSPS) is 12.3. The maximum atomic E-state index is 12.3. The van der Waals surface area contributed by atoms with E-state index in [0.29, 0.717) is 11.3 Å². The van der Waals surface area contributed by atoms with Crippen molar-refractivity contribution >= 4 is 39.0 Å². The van der Waals surface area contributed by atoms with Gasteiger partial charge in [-0.15, -0.1) is 0 Å². The third-order valence-corrected chi connectivity index (χ3v) is 5.38. The van der Waals surface area contributed by atoms with E-state index in [1.807, 2.05) is 35.8 Å². The molecule has 0 spiro atoms. The van der Waals surface area contributed by atoms with Gasteiger partial charge in [0.25, 0.3) is 0 Å². The molecule has 30 heavy (non-hydrogen) atoms. The van der Waals surface area contributed by atoms with Crippen LogP contribution in [0.3, 0.4) is 0 Å². The Labute approximate surface area is 181 Å². The van der Waals surface area contributed by atoms with Crippen LogP contribution >= 0.6 is 12.2 Å². The lowest BCUT2D eigenvalue weighted by molar-refractivity contribution is -0.117. The van der Waals surface area contributed by atoms with Crippen LogP contribution in [0.5, 0.6) is 5.75 Å². The molecule has 0 fully saturated rings. The summed E-state index contributed by atoms with van der Waals surface area (Å²) in [6, 6.07) is 15.6. The van der Waals surface area contributed by atoms with Gasteiger partial charge in [-0.2, -0.15) is 0 Å². The van der Waals surface area contributed by atoms with E-state index in [-0.39, 0.29) is 29.7 Å². The van der Waals surface area contributed by atoms with Gasteiger partial charge in [-0.3, -0.25) is 15.5 Å². The molecule has 0 saturated carbocycles. The summed E-state index contributed by atoms with van der Waals surface area (Å²) in [5.74, 6) is 0.118. The standard InChI is InChI=1S/C21H24N2O5S2/c1-30(26,27)14-13-18(22-20(24)12-7-16-5-3-2-4-6-16)15-28-19-10-8-17(9-11-19)21(29)23-25/h2-12,18,25H,13-15H2,1H3,(H,22,24)(H,23,29)/b12-7+/t18-/m1/s1. The van der Waals surface area contributed by atoms with Gasteiger partial charge in [0.15, 0.2) is 0 Å². The van der Waals surface area contributed by atoms with Crippen molar-refractivity contribution in [2.24, 2.45) is 0 Å². The minimum atomic E-state index is -3.18. The maximum Gasteiger partial charge on any atom is 0.244 e. The lowest BCUT2D eigenvalue weighted by atomic mass is 10.2. The smallest absolute Gasteiger partial charge is 0.244 e. The van der Waals surface area contributed by atoms with Crippen molar-refractivity contribution in [1.29, 1.82) is 0 Å². The molecule has 7 nitrogen and oxygen atoms in total. The van der Waals surface area contributed by atoms with E-state index in [9.17, 15) is 13.2 Å². The molecule has 1 amide bonds. The number of nitrogens with one attached hydrogen (secondary N) is 2. The van der Waals surface area contributed by atoms with Gasteiger partial charge in [0.1, 0.15) is 27.2 Å². The summed E-state index contributed by atoms with van der Waals surface area (Å²) >= 11 is 4.94. The molecule has 0 aliphatic carbocycles. The van der Waals surface area contributed by atoms with Gasteiger partial charge < -0.3 is 10.1 Å². The predicted octanol–water partition coefficient (Wildman–Crippen LogP) is 2.35. The highest BCUT2D eigenvalue weighted by Crippen LogP contribution is 2.13. The molecule has 0 radical (unpaired) electrons. The molecule has 0 aliphatic heterocycles. The van der Waals surface area contributed by atoms with Crippen molar-refractivity contribution in [2.75, 3.05) is 18.6 Å². The van der Waals surface area contributed by atoms with Gasteiger partial charge in [0.05, 0.1) is 11.8 Å². The van der Waals surface area contributed by atoms with Crippen molar-refractivity contribution in [3.63, 3.8) is 0 Å². The lowest BCUT2D eigenvalue weighted by Crippen LogP contribution is -2.39. The Morgan fingerprint density at radius 1 is 1.17 bits per heavy atom. The molecule has 0 heterocycles. The second-order valence-corrected chi connectivity index (χ2v) is 9.31. The first-order valence-corrected chi connectivity index (χ1v) is 11.6. The average molecular weight is 449 g/mol. The molecule has 1 atom stereocenters. The molecule has 160 valence electrons. The minimum Gasteiger partial charge on any atom is -0.491 e.